The van der Waals surface area contributed by atoms with E-state index in [1.807, 2.05) is 13.0 Å². The molecule has 1 aromatic carbocycles. The molecule has 1 aliphatic carbocycles. The summed E-state index contributed by atoms with van der Waals surface area (Å²) >= 11 is 0. The van der Waals surface area contributed by atoms with Crippen LogP contribution < -0.4 is 0 Å². The van der Waals surface area contributed by atoms with Gasteiger partial charge in [-0.25, -0.2) is 0 Å². The van der Waals surface area contributed by atoms with E-state index >= 15 is 0 Å². The quantitative estimate of drug-likeness (QED) is 0.589. The molecule has 0 bridgehead atoms. The number of benzene rings is 1. The molecule has 0 nitrogen and oxygen atoms in total. The molecule has 0 unspecified atom stereocenters. The molecule has 1 aliphatic rings. The van der Waals surface area contributed by atoms with Crippen molar-refractivity contribution in [1.29, 1.82) is 0 Å². The molecule has 0 heteroatoms. The molecule has 0 aromatic heterocycles. The van der Waals surface area contributed by atoms with Crippen LogP contribution in [0.1, 0.15) is 60.0 Å². The zero-order chi connectivity index (χ0) is 13.0. The largest absolute Gasteiger partial charge is 0.0629 e. The third-order valence-corrected chi connectivity index (χ3v) is 3.80. The van der Waals surface area contributed by atoms with Crippen LogP contribution in [0, 0.1) is 6.92 Å². The highest BCUT2D eigenvalue weighted by Crippen LogP contribution is 2.45. The average molecular weight is 204 g/mol. The number of hydrogen-bond acceptors (Lipinski definition) is 0. The summed E-state index contributed by atoms with van der Waals surface area (Å²) in [6, 6.07) is 3.09. The van der Waals surface area contributed by atoms with E-state index in [4.69, 9.17) is 2.74 Å². The summed E-state index contributed by atoms with van der Waals surface area (Å²) in [6.07, 6.45) is 2.25. The van der Waals surface area contributed by atoms with Crippen LogP contribution >= 0.6 is 0 Å². The summed E-state index contributed by atoms with van der Waals surface area (Å²) in [6.45, 7) is 10.8. The average Bonchev–Trinajstić information content (AvgIpc) is 2.21. The van der Waals surface area contributed by atoms with E-state index in [1.54, 1.807) is 0 Å². The molecule has 0 heterocycles. The predicted octanol–water partition coefficient (Wildman–Crippen LogP) is 4.34. The molecule has 0 aliphatic heterocycles. The van der Waals surface area contributed by atoms with Crippen molar-refractivity contribution in [2.45, 2.75) is 58.3 Å². The van der Waals surface area contributed by atoms with Crippen LogP contribution in [0.15, 0.2) is 18.2 Å². The molecule has 2 rings (SSSR count). The maximum atomic E-state index is 8.33. The zero-order valence-corrected chi connectivity index (χ0v) is 10.5. The monoisotopic (exact) mass is 204 g/mol. The van der Waals surface area contributed by atoms with E-state index in [-0.39, 0.29) is 10.8 Å². The SMILES string of the molecule is [2H]c1cc2c(c([2H])c1C)C(C)(C)CCC2(C)C. The van der Waals surface area contributed by atoms with Crippen LogP contribution in [0.3, 0.4) is 0 Å². The highest BCUT2D eigenvalue weighted by molar-refractivity contribution is 5.43. The Balaban J connectivity index is 2.81. The van der Waals surface area contributed by atoms with Gasteiger partial charge in [0.15, 0.2) is 0 Å². The van der Waals surface area contributed by atoms with Gasteiger partial charge in [0.05, 0.1) is 2.74 Å². The Bertz CT molecular complexity index is 470. The second-order valence-electron chi connectivity index (χ2n) is 6.10. The molecule has 0 amide bonds. The van der Waals surface area contributed by atoms with Crippen molar-refractivity contribution in [3.63, 3.8) is 0 Å². The van der Waals surface area contributed by atoms with Gasteiger partial charge in [-0.05, 0) is 41.7 Å². The molecule has 1 aromatic rings. The summed E-state index contributed by atoms with van der Waals surface area (Å²) in [7, 11) is 0. The number of hydrogen-bond donors (Lipinski definition) is 0. The Morgan fingerprint density at radius 2 is 1.60 bits per heavy atom. The number of rotatable bonds is 0. The predicted molar refractivity (Wildman–Crippen MR) is 66.5 cm³/mol. The minimum absolute atomic E-state index is 0.0698. The van der Waals surface area contributed by atoms with Gasteiger partial charge in [-0.3, -0.25) is 0 Å². The molecule has 0 fully saturated rings. The summed E-state index contributed by atoms with van der Waals surface area (Å²) < 4.78 is 16.3. The molecule has 82 valence electrons. The van der Waals surface area contributed by atoms with Crippen molar-refractivity contribution in [2.24, 2.45) is 0 Å². The molecule has 15 heavy (non-hydrogen) atoms. The first-order valence-corrected chi connectivity index (χ1v) is 5.78. The highest BCUT2D eigenvalue weighted by Gasteiger charge is 2.36. The molecule has 0 saturated heterocycles. The van der Waals surface area contributed by atoms with Crippen molar-refractivity contribution in [3.8, 4) is 0 Å². The fraction of sp³-hybridized carbons (Fsp3) is 0.600. The second kappa shape index (κ2) is 3.10. The lowest BCUT2D eigenvalue weighted by Gasteiger charge is -2.42. The normalized spacial score (nSPS) is 24.1. The molecule has 0 N–H and O–H groups in total. The summed E-state index contributed by atoms with van der Waals surface area (Å²) in [5, 5.41) is 0. The molecular weight excluding hydrogens is 180 g/mol. The Morgan fingerprint density at radius 1 is 1.07 bits per heavy atom. The highest BCUT2D eigenvalue weighted by atomic mass is 14.4. The Kier molecular flexibility index (Phi) is 1.73. The first kappa shape index (κ1) is 8.38. The van der Waals surface area contributed by atoms with Crippen LogP contribution in [-0.4, -0.2) is 0 Å². The number of fused-ring (bicyclic) bond motifs is 1. The van der Waals surface area contributed by atoms with Crippen molar-refractivity contribution >= 4 is 0 Å². The molecule has 0 spiro atoms. The van der Waals surface area contributed by atoms with Gasteiger partial charge in [0.2, 0.25) is 0 Å². The van der Waals surface area contributed by atoms with E-state index in [2.05, 4.69) is 27.7 Å². The third kappa shape index (κ3) is 1.71. The van der Waals surface area contributed by atoms with E-state index in [0.717, 1.165) is 18.4 Å². The fourth-order valence-electron chi connectivity index (χ4n) is 2.50. The second-order valence-corrected chi connectivity index (χ2v) is 6.10. The topological polar surface area (TPSA) is 0 Å². The van der Waals surface area contributed by atoms with Crippen LogP contribution in [0.2, 0.25) is 0 Å². The molecule has 0 radical (unpaired) electrons. The summed E-state index contributed by atoms with van der Waals surface area (Å²) in [4.78, 5) is 0. The lowest BCUT2D eigenvalue weighted by atomic mass is 9.63. The fourth-order valence-corrected chi connectivity index (χ4v) is 2.50. The molecule has 0 saturated carbocycles. The van der Waals surface area contributed by atoms with Gasteiger partial charge < -0.3 is 0 Å². The van der Waals surface area contributed by atoms with Gasteiger partial charge in [-0.2, -0.15) is 0 Å². The van der Waals surface area contributed by atoms with Crippen LogP contribution in [0.5, 0.6) is 0 Å². The molecular formula is C15H22. The van der Waals surface area contributed by atoms with Crippen molar-refractivity contribution in [1.82, 2.24) is 0 Å². The third-order valence-electron chi connectivity index (χ3n) is 3.80. The maximum Gasteiger partial charge on any atom is 0.0629 e. The van der Waals surface area contributed by atoms with Crippen molar-refractivity contribution in [3.05, 3.63) is 34.8 Å². The van der Waals surface area contributed by atoms with E-state index in [9.17, 15) is 0 Å². The molecule has 0 atom stereocenters. The summed E-state index contributed by atoms with van der Waals surface area (Å²) in [5.41, 5.74) is 3.37. The van der Waals surface area contributed by atoms with E-state index in [1.165, 1.54) is 11.1 Å². The van der Waals surface area contributed by atoms with Gasteiger partial charge in [-0.1, -0.05) is 51.4 Å². The Labute approximate surface area is 96.5 Å². The van der Waals surface area contributed by atoms with Gasteiger partial charge in [0.25, 0.3) is 0 Å². The zero-order valence-electron chi connectivity index (χ0n) is 12.5. The Hall–Kier alpha value is -0.780. The van der Waals surface area contributed by atoms with Crippen molar-refractivity contribution < 1.29 is 2.74 Å². The standard InChI is InChI=1S/C15H22/c1-11-6-7-12-13(10-11)15(4,5)9-8-14(12,2)3/h6-7,10H,8-9H2,1-5H3/i6D,10D. The first-order chi connectivity index (χ1) is 7.67. The Morgan fingerprint density at radius 3 is 2.20 bits per heavy atom. The smallest absolute Gasteiger partial charge is 0.0590 e. The lowest BCUT2D eigenvalue weighted by molar-refractivity contribution is 0.331. The van der Waals surface area contributed by atoms with Crippen LogP contribution in [-0.2, 0) is 10.8 Å². The van der Waals surface area contributed by atoms with Gasteiger partial charge in [0.1, 0.15) is 0 Å². The van der Waals surface area contributed by atoms with Crippen molar-refractivity contribution in [2.75, 3.05) is 0 Å². The van der Waals surface area contributed by atoms with Crippen LogP contribution in [0.25, 0.3) is 0 Å². The van der Waals surface area contributed by atoms with Gasteiger partial charge in [0, 0.05) is 0 Å². The maximum absolute atomic E-state index is 8.33. The van der Waals surface area contributed by atoms with E-state index in [0.29, 0.717) is 12.1 Å². The minimum atomic E-state index is 0.0698. The lowest BCUT2D eigenvalue weighted by Crippen LogP contribution is -2.33. The van der Waals surface area contributed by atoms with Crippen LogP contribution in [0.4, 0.5) is 0 Å². The first-order valence-electron chi connectivity index (χ1n) is 6.78. The van der Waals surface area contributed by atoms with E-state index < -0.39 is 0 Å². The summed E-state index contributed by atoms with van der Waals surface area (Å²) in [5.74, 6) is 0. The van der Waals surface area contributed by atoms with Gasteiger partial charge in [-0.15, -0.1) is 0 Å². The van der Waals surface area contributed by atoms with Gasteiger partial charge >= 0.3 is 0 Å². The minimum Gasteiger partial charge on any atom is -0.0590 e.